The highest BCUT2D eigenvalue weighted by Crippen LogP contribution is 2.50. The van der Waals surface area contributed by atoms with Crippen molar-refractivity contribution in [1.82, 2.24) is 34.6 Å². The maximum atomic E-state index is 13.1. The first-order chi connectivity index (χ1) is 23.0. The van der Waals surface area contributed by atoms with E-state index in [9.17, 15) is 18.4 Å². The largest absolute Gasteiger partial charge is 0.451 e. The van der Waals surface area contributed by atoms with Crippen LogP contribution < -0.4 is 9.47 Å². The monoisotopic (exact) mass is 674 g/mol. The fraction of sp³-hybridized carbons (Fsp3) is 0.382. The van der Waals surface area contributed by atoms with Crippen molar-refractivity contribution in [3.8, 4) is 29.0 Å². The third-order valence-electron chi connectivity index (χ3n) is 9.59. The Morgan fingerprint density at radius 3 is 2.58 bits per heavy atom. The summed E-state index contributed by atoms with van der Waals surface area (Å²) in [7, 11) is 0. The third-order valence-corrected chi connectivity index (χ3v) is 9.81. The van der Waals surface area contributed by atoms with Gasteiger partial charge in [-0.1, -0.05) is 23.7 Å². The zero-order valence-electron chi connectivity index (χ0n) is 25.9. The molecule has 2 aliphatic heterocycles. The van der Waals surface area contributed by atoms with Gasteiger partial charge in [0.15, 0.2) is 17.3 Å². The molecule has 0 bridgehead atoms. The molecule has 1 unspecified atom stereocenters. The van der Waals surface area contributed by atoms with E-state index < -0.39 is 23.2 Å². The lowest BCUT2D eigenvalue weighted by molar-refractivity contribution is -0.144. The van der Waals surface area contributed by atoms with Gasteiger partial charge in [-0.25, -0.2) is 9.97 Å². The third kappa shape index (κ3) is 5.52. The number of ether oxygens (including phenoxy) is 2. The predicted octanol–water partition coefficient (Wildman–Crippen LogP) is 7.22. The summed E-state index contributed by atoms with van der Waals surface area (Å²) in [6.45, 7) is 4.58. The predicted molar refractivity (Wildman–Crippen MR) is 169 cm³/mol. The number of halogens is 4. The molecule has 246 valence electrons. The number of imidazole rings is 1. The number of para-hydroxylation sites is 1. The van der Waals surface area contributed by atoms with Crippen molar-refractivity contribution < 1.29 is 22.6 Å². The van der Waals surface area contributed by atoms with Gasteiger partial charge in [-0.05, 0) is 81.1 Å². The molecule has 1 N–H and O–H groups in total. The summed E-state index contributed by atoms with van der Waals surface area (Å²) < 4.78 is 54.2. The van der Waals surface area contributed by atoms with Crippen molar-refractivity contribution in [2.75, 3.05) is 13.1 Å². The number of piperidine rings is 1. The van der Waals surface area contributed by atoms with Crippen LogP contribution in [0.5, 0.6) is 11.5 Å². The highest BCUT2D eigenvalue weighted by atomic mass is 35.5. The number of nitrogens with zero attached hydrogens (tertiary/aromatic N) is 7. The lowest BCUT2D eigenvalue weighted by atomic mass is 9.88. The molecule has 0 radical (unpaired) electrons. The molecule has 3 aliphatic rings. The first-order valence-electron chi connectivity index (χ1n) is 15.8. The summed E-state index contributed by atoms with van der Waals surface area (Å²) in [5.41, 5.74) is 3.19. The van der Waals surface area contributed by atoms with Gasteiger partial charge in [-0.15, -0.1) is 0 Å². The molecule has 1 saturated carbocycles. The second kappa shape index (κ2) is 11.2. The Bertz CT molecular complexity index is 2060. The van der Waals surface area contributed by atoms with Crippen LogP contribution in [0.3, 0.4) is 0 Å². The average Bonchev–Trinajstić information content (AvgIpc) is 3.35. The molecule has 2 aromatic carbocycles. The Labute approximate surface area is 278 Å². The topological polar surface area (TPSA) is 118 Å². The highest BCUT2D eigenvalue weighted by Gasteiger charge is 2.45. The minimum absolute atomic E-state index is 0.0513. The van der Waals surface area contributed by atoms with E-state index in [1.807, 2.05) is 30.2 Å². The Balaban J connectivity index is 1.01. The average molecular weight is 675 g/mol. The smallest absolute Gasteiger partial charge is 0.443 e. The number of nitriles is 1. The first-order valence-corrected chi connectivity index (χ1v) is 16.2. The van der Waals surface area contributed by atoms with Crippen molar-refractivity contribution in [2.24, 2.45) is 5.41 Å². The summed E-state index contributed by atoms with van der Waals surface area (Å²) in [4.78, 5) is 15.4. The standard InChI is InChI=1S/C34H30ClF3N8O2/c1-32(27-8-6-22(35)16-40-27)47-26-4-2-3-23(29(26)48-32)20-9-13-45(14-10-20)17-28-41-24-15-21(30-42-31(44-43-30)34(36,37)38)5-7-25(24)46(28)19-33(18-39)11-12-33/h2-8,15-16,20H,9-14,17,19H2,1H3,(H,42,43,44). The van der Waals surface area contributed by atoms with Gasteiger partial charge in [0.2, 0.25) is 5.82 Å². The molecule has 48 heavy (non-hydrogen) atoms. The van der Waals surface area contributed by atoms with Crippen molar-refractivity contribution in [1.29, 1.82) is 5.26 Å². The van der Waals surface area contributed by atoms with E-state index in [-0.39, 0.29) is 11.7 Å². The number of rotatable bonds is 7. The fourth-order valence-corrected chi connectivity index (χ4v) is 6.82. The van der Waals surface area contributed by atoms with Crippen molar-refractivity contribution in [3.63, 3.8) is 0 Å². The highest BCUT2D eigenvalue weighted by molar-refractivity contribution is 6.30. The number of fused-ring (bicyclic) bond motifs is 2. The van der Waals surface area contributed by atoms with Gasteiger partial charge >= 0.3 is 6.18 Å². The van der Waals surface area contributed by atoms with E-state index in [4.69, 9.17) is 26.1 Å². The zero-order chi connectivity index (χ0) is 33.3. The molecule has 2 fully saturated rings. The molecule has 5 aromatic rings. The molecule has 0 amide bonds. The van der Waals surface area contributed by atoms with Crippen molar-refractivity contribution >= 4 is 22.6 Å². The maximum Gasteiger partial charge on any atom is 0.451 e. The van der Waals surface area contributed by atoms with Crippen LogP contribution in [0, 0.1) is 16.7 Å². The minimum Gasteiger partial charge on any atom is -0.443 e. The Hall–Kier alpha value is -4.67. The second-order valence-corrected chi connectivity index (χ2v) is 13.4. The molecule has 1 atom stereocenters. The first kappa shape index (κ1) is 30.7. The minimum atomic E-state index is -4.62. The molecule has 0 spiro atoms. The van der Waals surface area contributed by atoms with E-state index in [0.717, 1.165) is 61.4 Å². The quantitative estimate of drug-likeness (QED) is 0.192. The zero-order valence-corrected chi connectivity index (χ0v) is 26.6. The van der Waals surface area contributed by atoms with Crippen LogP contribution in [0.4, 0.5) is 13.2 Å². The number of likely N-dealkylation sites (tertiary alicyclic amines) is 1. The number of hydrogen-bond acceptors (Lipinski definition) is 8. The molecular formula is C34H30ClF3N8O2. The molecular weight excluding hydrogens is 645 g/mol. The maximum absolute atomic E-state index is 13.1. The van der Waals surface area contributed by atoms with Crippen molar-refractivity contribution in [2.45, 2.75) is 63.6 Å². The molecule has 3 aromatic heterocycles. The lowest BCUT2D eigenvalue weighted by Gasteiger charge is -2.32. The molecule has 1 aliphatic carbocycles. The fourth-order valence-electron chi connectivity index (χ4n) is 6.71. The van der Waals surface area contributed by atoms with Gasteiger partial charge in [-0.3, -0.25) is 15.0 Å². The van der Waals surface area contributed by atoms with E-state index >= 15 is 0 Å². The summed E-state index contributed by atoms with van der Waals surface area (Å²) in [6.07, 6.45) is 0.400. The Kier molecular flexibility index (Phi) is 7.16. The molecule has 10 nitrogen and oxygen atoms in total. The molecule has 14 heteroatoms. The number of aromatic amines is 1. The number of nitrogens with one attached hydrogen (secondary N) is 1. The molecule has 1 saturated heterocycles. The Morgan fingerprint density at radius 2 is 1.90 bits per heavy atom. The second-order valence-electron chi connectivity index (χ2n) is 13.0. The summed E-state index contributed by atoms with van der Waals surface area (Å²) in [6, 6.07) is 17.3. The van der Waals surface area contributed by atoms with Gasteiger partial charge in [-0.2, -0.15) is 23.5 Å². The lowest BCUT2D eigenvalue weighted by Crippen LogP contribution is -2.34. The summed E-state index contributed by atoms with van der Waals surface area (Å²) in [5, 5.41) is 16.2. The number of benzene rings is 2. The van der Waals surface area contributed by atoms with E-state index in [2.05, 4.69) is 36.7 Å². The number of aromatic nitrogens is 6. The SMILES string of the molecule is CC1(c2ccc(Cl)cn2)Oc2cccc(C3CCN(Cc4nc5cc(-c6n[nH]c(C(F)(F)F)n6)ccc5n4CC4(C#N)CC4)CC3)c2O1. The van der Waals surface area contributed by atoms with Crippen LogP contribution in [-0.2, 0) is 25.1 Å². The van der Waals surface area contributed by atoms with Crippen LogP contribution in [0.25, 0.3) is 22.4 Å². The van der Waals surface area contributed by atoms with Crippen LogP contribution in [-0.4, -0.2) is 47.7 Å². The summed E-state index contributed by atoms with van der Waals surface area (Å²) >= 11 is 6.05. The Morgan fingerprint density at radius 1 is 1.08 bits per heavy atom. The molecule has 8 rings (SSSR count). The van der Waals surface area contributed by atoms with E-state index in [1.54, 1.807) is 30.5 Å². The van der Waals surface area contributed by atoms with Crippen LogP contribution >= 0.6 is 11.6 Å². The van der Waals surface area contributed by atoms with Crippen molar-refractivity contribution in [3.05, 3.63) is 82.7 Å². The number of alkyl halides is 3. The van der Waals surface area contributed by atoms with Gasteiger partial charge in [0.25, 0.3) is 5.79 Å². The number of pyridine rings is 1. The van der Waals surface area contributed by atoms with Gasteiger partial charge in [0.05, 0.1) is 34.1 Å². The van der Waals surface area contributed by atoms with E-state index in [1.165, 1.54) is 0 Å². The molecule has 5 heterocycles. The van der Waals surface area contributed by atoms with Crippen LogP contribution in [0.1, 0.15) is 61.4 Å². The summed E-state index contributed by atoms with van der Waals surface area (Å²) in [5.74, 6) is 0.253. The number of H-pyrrole nitrogens is 1. The van der Waals surface area contributed by atoms with Gasteiger partial charge < -0.3 is 14.0 Å². The van der Waals surface area contributed by atoms with Crippen LogP contribution in [0.15, 0.2) is 54.7 Å². The normalized spacial score (nSPS) is 20.7. The van der Waals surface area contributed by atoms with E-state index in [0.29, 0.717) is 40.6 Å². The van der Waals surface area contributed by atoms with Gasteiger partial charge in [0.1, 0.15) is 11.5 Å². The van der Waals surface area contributed by atoms with Crippen LogP contribution in [0.2, 0.25) is 5.02 Å². The number of hydrogen-bond donors (Lipinski definition) is 1. The van der Waals surface area contributed by atoms with Gasteiger partial charge in [0, 0.05) is 30.8 Å².